The first-order valence-corrected chi connectivity index (χ1v) is 8.12. The van der Waals surface area contributed by atoms with Gasteiger partial charge in [-0.25, -0.2) is 14.4 Å². The fourth-order valence-corrected chi connectivity index (χ4v) is 3.03. The maximum absolute atomic E-state index is 13.3. The number of anilines is 1. The summed E-state index contributed by atoms with van der Waals surface area (Å²) in [6.07, 6.45) is 1.39. The average Bonchev–Trinajstić information content (AvgIpc) is 2.66. The van der Waals surface area contributed by atoms with Crippen molar-refractivity contribution in [3.63, 3.8) is 0 Å². The van der Waals surface area contributed by atoms with E-state index in [0.717, 1.165) is 5.56 Å². The van der Waals surface area contributed by atoms with Crippen molar-refractivity contribution in [1.82, 2.24) is 9.97 Å². The molecule has 7 heteroatoms. The molecule has 1 amide bonds. The van der Waals surface area contributed by atoms with Crippen molar-refractivity contribution in [2.24, 2.45) is 11.5 Å². The molecule has 3 aromatic rings. The highest BCUT2D eigenvalue weighted by Crippen LogP contribution is 2.34. The summed E-state index contributed by atoms with van der Waals surface area (Å²) in [6.45, 7) is 2.22. The summed E-state index contributed by atoms with van der Waals surface area (Å²) >= 11 is 0. The number of carbonyl (C=O) groups excluding carboxylic acids is 1. The maximum Gasteiger partial charge on any atom is 0.250 e. The molecule has 1 atom stereocenters. The van der Waals surface area contributed by atoms with E-state index in [0.29, 0.717) is 22.3 Å². The maximum atomic E-state index is 13.3. The standard InChI is InChI=1S/C19H20FN5O/c1-19(10-21,12-6-8-13(20)9-7-12)25(2)18-15-5-3-4-14(17(22)26)16(15)23-11-24-18/h3-9,11H,10,21H2,1-2H3,(H2,22,26). The fraction of sp³-hybridized carbons (Fsp3) is 0.211. The van der Waals surface area contributed by atoms with Crippen LogP contribution in [-0.2, 0) is 5.54 Å². The van der Waals surface area contributed by atoms with Gasteiger partial charge in [0.1, 0.15) is 18.0 Å². The highest BCUT2D eigenvalue weighted by Gasteiger charge is 2.32. The molecule has 1 aromatic heterocycles. The number of halogens is 1. The van der Waals surface area contributed by atoms with Crippen LogP contribution in [0.1, 0.15) is 22.8 Å². The molecule has 26 heavy (non-hydrogen) atoms. The van der Waals surface area contributed by atoms with Crippen LogP contribution in [0.25, 0.3) is 10.9 Å². The van der Waals surface area contributed by atoms with E-state index in [2.05, 4.69) is 9.97 Å². The lowest BCUT2D eigenvalue weighted by Crippen LogP contribution is -2.47. The quantitative estimate of drug-likeness (QED) is 0.732. The summed E-state index contributed by atoms with van der Waals surface area (Å²) in [6, 6.07) is 11.4. The Hall–Kier alpha value is -3.06. The lowest BCUT2D eigenvalue weighted by Gasteiger charge is -2.39. The van der Waals surface area contributed by atoms with E-state index in [1.165, 1.54) is 18.5 Å². The van der Waals surface area contributed by atoms with Crippen LogP contribution in [0.4, 0.5) is 10.2 Å². The Kier molecular flexibility index (Phi) is 4.56. The van der Waals surface area contributed by atoms with Gasteiger partial charge in [-0.3, -0.25) is 4.79 Å². The van der Waals surface area contributed by atoms with Crippen molar-refractivity contribution in [2.75, 3.05) is 18.5 Å². The number of nitrogens with two attached hydrogens (primary N) is 2. The normalized spacial score (nSPS) is 13.4. The Morgan fingerprint density at radius 3 is 2.50 bits per heavy atom. The van der Waals surface area contributed by atoms with Gasteiger partial charge in [-0.2, -0.15) is 0 Å². The van der Waals surface area contributed by atoms with Crippen LogP contribution < -0.4 is 16.4 Å². The van der Waals surface area contributed by atoms with Crippen LogP contribution in [0.3, 0.4) is 0 Å². The molecule has 1 unspecified atom stereocenters. The molecule has 3 rings (SSSR count). The van der Waals surface area contributed by atoms with Crippen molar-refractivity contribution < 1.29 is 9.18 Å². The number of benzene rings is 2. The molecule has 134 valence electrons. The number of rotatable bonds is 5. The summed E-state index contributed by atoms with van der Waals surface area (Å²) in [5.41, 5.74) is 12.6. The number of nitrogens with zero attached hydrogens (tertiary/aromatic N) is 3. The first-order valence-electron chi connectivity index (χ1n) is 8.12. The molecular formula is C19H20FN5O. The van der Waals surface area contributed by atoms with Gasteiger partial charge in [0.2, 0.25) is 0 Å². The summed E-state index contributed by atoms with van der Waals surface area (Å²) in [5, 5.41) is 0.688. The van der Waals surface area contributed by atoms with Gasteiger partial charge in [0.25, 0.3) is 5.91 Å². The van der Waals surface area contributed by atoms with Crippen LogP contribution >= 0.6 is 0 Å². The minimum absolute atomic E-state index is 0.274. The number of likely N-dealkylation sites (N-methyl/N-ethyl adjacent to an activating group) is 1. The monoisotopic (exact) mass is 353 g/mol. The van der Waals surface area contributed by atoms with Gasteiger partial charge in [-0.1, -0.05) is 18.2 Å². The van der Waals surface area contributed by atoms with E-state index < -0.39 is 11.4 Å². The Bertz CT molecular complexity index is 960. The minimum atomic E-state index is -0.641. The third kappa shape index (κ3) is 2.86. The van der Waals surface area contributed by atoms with E-state index in [-0.39, 0.29) is 12.4 Å². The zero-order valence-electron chi connectivity index (χ0n) is 14.6. The number of carbonyl (C=O) groups is 1. The molecule has 0 aliphatic heterocycles. The number of primary amides is 1. The molecule has 0 fully saturated rings. The number of hydrogen-bond acceptors (Lipinski definition) is 5. The molecule has 0 radical (unpaired) electrons. The molecule has 1 heterocycles. The number of amides is 1. The van der Waals surface area contributed by atoms with Gasteiger partial charge in [0.05, 0.1) is 16.6 Å². The zero-order valence-corrected chi connectivity index (χ0v) is 14.6. The van der Waals surface area contributed by atoms with E-state index >= 15 is 0 Å². The van der Waals surface area contributed by atoms with E-state index in [9.17, 15) is 9.18 Å². The molecule has 0 saturated heterocycles. The van der Waals surface area contributed by atoms with Gasteiger partial charge < -0.3 is 16.4 Å². The van der Waals surface area contributed by atoms with Gasteiger partial charge >= 0.3 is 0 Å². The van der Waals surface area contributed by atoms with Crippen LogP contribution in [0.2, 0.25) is 0 Å². The van der Waals surface area contributed by atoms with Crippen LogP contribution in [0.5, 0.6) is 0 Å². The lowest BCUT2D eigenvalue weighted by atomic mass is 9.90. The fourth-order valence-electron chi connectivity index (χ4n) is 3.03. The number of hydrogen-bond donors (Lipinski definition) is 2. The molecule has 6 nitrogen and oxygen atoms in total. The number of aromatic nitrogens is 2. The van der Waals surface area contributed by atoms with E-state index in [1.54, 1.807) is 24.3 Å². The Labute approximate surface area is 150 Å². The largest absolute Gasteiger partial charge is 0.366 e. The molecular weight excluding hydrogens is 333 g/mol. The van der Waals surface area contributed by atoms with E-state index in [4.69, 9.17) is 11.5 Å². The third-order valence-corrected chi connectivity index (χ3v) is 4.83. The summed E-state index contributed by atoms with van der Waals surface area (Å²) in [5.74, 6) is -0.257. The van der Waals surface area contributed by atoms with E-state index in [1.807, 2.05) is 24.9 Å². The second-order valence-corrected chi connectivity index (χ2v) is 6.31. The predicted molar refractivity (Wildman–Crippen MR) is 99.3 cm³/mol. The average molecular weight is 353 g/mol. The number of para-hydroxylation sites is 1. The molecule has 0 aliphatic carbocycles. The molecule has 0 bridgehead atoms. The van der Waals surface area contributed by atoms with Gasteiger partial charge in [0, 0.05) is 19.0 Å². The summed E-state index contributed by atoms with van der Waals surface area (Å²) in [4.78, 5) is 22.2. The zero-order chi connectivity index (χ0) is 18.9. The highest BCUT2D eigenvalue weighted by atomic mass is 19.1. The molecule has 0 spiro atoms. The predicted octanol–water partition coefficient (Wildman–Crippen LogP) is 2.18. The highest BCUT2D eigenvalue weighted by molar-refractivity contribution is 6.07. The third-order valence-electron chi connectivity index (χ3n) is 4.83. The molecule has 4 N–H and O–H groups in total. The summed E-state index contributed by atoms with van der Waals surface area (Å²) < 4.78 is 13.3. The van der Waals surface area contributed by atoms with Crippen LogP contribution in [-0.4, -0.2) is 29.5 Å². The SMILES string of the molecule is CN(c1ncnc2c(C(N)=O)cccc12)C(C)(CN)c1ccc(F)cc1. The first kappa shape index (κ1) is 17.8. The second kappa shape index (κ2) is 6.68. The summed E-state index contributed by atoms with van der Waals surface area (Å²) in [7, 11) is 1.86. The number of fused-ring (bicyclic) bond motifs is 1. The van der Waals surface area contributed by atoms with Crippen molar-refractivity contribution in [2.45, 2.75) is 12.5 Å². The van der Waals surface area contributed by atoms with Gasteiger partial charge in [-0.15, -0.1) is 0 Å². The topological polar surface area (TPSA) is 98.1 Å². The Morgan fingerprint density at radius 2 is 1.88 bits per heavy atom. The van der Waals surface area contributed by atoms with Crippen molar-refractivity contribution >= 4 is 22.6 Å². The Balaban J connectivity index is 2.17. The lowest BCUT2D eigenvalue weighted by molar-refractivity contribution is 0.100. The Morgan fingerprint density at radius 1 is 1.19 bits per heavy atom. The molecule has 2 aromatic carbocycles. The van der Waals surface area contributed by atoms with Crippen molar-refractivity contribution in [1.29, 1.82) is 0 Å². The first-order chi connectivity index (χ1) is 12.4. The van der Waals surface area contributed by atoms with Gasteiger partial charge in [-0.05, 0) is 36.8 Å². The molecule has 0 aliphatic rings. The molecule has 0 saturated carbocycles. The van der Waals surface area contributed by atoms with Crippen LogP contribution in [0.15, 0.2) is 48.8 Å². The van der Waals surface area contributed by atoms with Crippen LogP contribution in [0, 0.1) is 5.82 Å². The van der Waals surface area contributed by atoms with Gasteiger partial charge in [0.15, 0.2) is 0 Å². The smallest absolute Gasteiger partial charge is 0.250 e. The minimum Gasteiger partial charge on any atom is -0.366 e. The van der Waals surface area contributed by atoms with Crippen molar-refractivity contribution in [3.8, 4) is 0 Å². The van der Waals surface area contributed by atoms with Crippen molar-refractivity contribution in [3.05, 3.63) is 65.7 Å². The second-order valence-electron chi connectivity index (χ2n) is 6.31.